The minimum Gasteiger partial charge on any atom is -0.372 e. The zero-order valence-electron chi connectivity index (χ0n) is 11.5. The summed E-state index contributed by atoms with van der Waals surface area (Å²) in [7, 11) is 0. The first-order chi connectivity index (χ1) is 9.88. The molecule has 120 valence electrons. The van der Waals surface area contributed by atoms with Gasteiger partial charge in [0, 0.05) is 39.3 Å². The average molecular weight is 309 g/mol. The first-order valence-corrected chi connectivity index (χ1v) is 6.83. The molecule has 0 aromatic rings. The number of piperazine rings is 2. The van der Waals surface area contributed by atoms with Crippen LogP contribution in [-0.4, -0.2) is 79.8 Å². The molecule has 2 saturated heterocycles. The van der Waals surface area contributed by atoms with Gasteiger partial charge < -0.3 is 19.9 Å². The number of rotatable bonds is 5. The maximum absolute atomic E-state index is 11.9. The van der Waals surface area contributed by atoms with Gasteiger partial charge in [-0.2, -0.15) is 13.2 Å². The van der Waals surface area contributed by atoms with Crippen LogP contribution in [0.4, 0.5) is 13.2 Å². The first kappa shape index (κ1) is 16.0. The normalized spacial score (nSPS) is 23.5. The van der Waals surface area contributed by atoms with Crippen LogP contribution in [0.3, 0.4) is 0 Å². The third-order valence-corrected chi connectivity index (χ3v) is 3.49. The third-order valence-electron chi connectivity index (χ3n) is 3.49. The minimum atomic E-state index is -4.34. The van der Waals surface area contributed by atoms with Crippen LogP contribution in [0.25, 0.3) is 0 Å². The first-order valence-electron chi connectivity index (χ1n) is 6.83. The fourth-order valence-electron chi connectivity index (χ4n) is 2.53. The quantitative estimate of drug-likeness (QED) is 0.554. The van der Waals surface area contributed by atoms with E-state index in [0.717, 1.165) is 0 Å². The summed E-state index contributed by atoms with van der Waals surface area (Å²) in [6.45, 7) is 1.06. The molecule has 2 rings (SSSR count). The Hall–Kier alpha value is -1.35. The van der Waals surface area contributed by atoms with Gasteiger partial charge in [-0.3, -0.25) is 9.59 Å². The van der Waals surface area contributed by atoms with Crippen molar-refractivity contribution in [3.8, 4) is 0 Å². The van der Waals surface area contributed by atoms with Crippen molar-refractivity contribution >= 4 is 11.8 Å². The number of hydrogen-bond donors (Lipinski definition) is 1. The molecule has 1 N–H and O–H groups in total. The molecule has 1 unspecified atom stereocenters. The van der Waals surface area contributed by atoms with Gasteiger partial charge in [0.2, 0.25) is 0 Å². The predicted molar refractivity (Wildman–Crippen MR) is 66.4 cm³/mol. The summed E-state index contributed by atoms with van der Waals surface area (Å²) in [6, 6.07) is -0.0555. The number of carbonyl (C=O) groups excluding carboxylic acids is 2. The van der Waals surface area contributed by atoms with Gasteiger partial charge in [0.05, 0.1) is 6.04 Å². The summed E-state index contributed by atoms with van der Waals surface area (Å²) < 4.78 is 40.2. The van der Waals surface area contributed by atoms with Gasteiger partial charge in [0.1, 0.15) is 6.61 Å². The Labute approximate surface area is 120 Å². The molecule has 2 aliphatic rings. The number of nitrogens with one attached hydrogen (secondary N) is 1. The lowest BCUT2D eigenvalue weighted by atomic mass is 10.1. The highest BCUT2D eigenvalue weighted by Gasteiger charge is 2.39. The fourth-order valence-corrected chi connectivity index (χ4v) is 2.53. The van der Waals surface area contributed by atoms with E-state index in [2.05, 4.69) is 10.1 Å². The van der Waals surface area contributed by atoms with E-state index in [1.165, 1.54) is 4.90 Å². The van der Waals surface area contributed by atoms with Crippen molar-refractivity contribution in [2.45, 2.75) is 18.6 Å². The SMILES string of the molecule is O=C1C(=O)N2CCNCC2CN1CCCOCC(F)(F)F. The molecule has 9 heteroatoms. The van der Waals surface area contributed by atoms with Crippen LogP contribution in [0.1, 0.15) is 6.42 Å². The van der Waals surface area contributed by atoms with Crippen molar-refractivity contribution in [1.29, 1.82) is 0 Å². The summed E-state index contributed by atoms with van der Waals surface area (Å²) >= 11 is 0. The van der Waals surface area contributed by atoms with E-state index in [1.54, 1.807) is 4.90 Å². The van der Waals surface area contributed by atoms with Crippen molar-refractivity contribution in [2.24, 2.45) is 0 Å². The van der Waals surface area contributed by atoms with Crippen LogP contribution >= 0.6 is 0 Å². The second-order valence-corrected chi connectivity index (χ2v) is 5.13. The Balaban J connectivity index is 1.75. The Morgan fingerprint density at radius 1 is 1.29 bits per heavy atom. The number of halogens is 3. The van der Waals surface area contributed by atoms with Gasteiger partial charge in [0.25, 0.3) is 0 Å². The number of amides is 2. The number of ether oxygens (including phenoxy) is 1. The van der Waals surface area contributed by atoms with Gasteiger partial charge in [-0.05, 0) is 6.42 Å². The maximum Gasteiger partial charge on any atom is 0.411 e. The van der Waals surface area contributed by atoms with Crippen molar-refractivity contribution in [3.63, 3.8) is 0 Å². The second kappa shape index (κ2) is 6.61. The summed E-state index contributed by atoms with van der Waals surface area (Å²) in [5.74, 6) is -1.10. The molecule has 0 aromatic heterocycles. The van der Waals surface area contributed by atoms with E-state index < -0.39 is 24.6 Å². The highest BCUT2D eigenvalue weighted by atomic mass is 19.4. The van der Waals surface area contributed by atoms with Gasteiger partial charge in [0.15, 0.2) is 0 Å². The van der Waals surface area contributed by atoms with Gasteiger partial charge in [-0.1, -0.05) is 0 Å². The number of alkyl halides is 3. The lowest BCUT2D eigenvalue weighted by molar-refractivity contribution is -0.174. The van der Waals surface area contributed by atoms with E-state index in [4.69, 9.17) is 0 Å². The Morgan fingerprint density at radius 2 is 2.05 bits per heavy atom. The lowest BCUT2D eigenvalue weighted by Gasteiger charge is -2.43. The average Bonchev–Trinajstić information content (AvgIpc) is 2.42. The van der Waals surface area contributed by atoms with Gasteiger partial charge >= 0.3 is 18.0 Å². The lowest BCUT2D eigenvalue weighted by Crippen LogP contribution is -2.65. The van der Waals surface area contributed by atoms with Crippen molar-refractivity contribution in [1.82, 2.24) is 15.1 Å². The van der Waals surface area contributed by atoms with Crippen LogP contribution in [0.2, 0.25) is 0 Å². The topological polar surface area (TPSA) is 61.9 Å². The molecule has 1 atom stereocenters. The third kappa shape index (κ3) is 4.31. The molecule has 21 heavy (non-hydrogen) atoms. The standard InChI is InChI=1S/C12H18F3N3O3/c13-12(14,15)8-21-5-1-3-17-7-9-6-16-2-4-18(9)11(20)10(17)19/h9,16H,1-8H2. The summed E-state index contributed by atoms with van der Waals surface area (Å²) in [6.07, 6.45) is -4.07. The van der Waals surface area contributed by atoms with Crippen molar-refractivity contribution < 1.29 is 27.5 Å². The molecule has 2 heterocycles. The molecule has 0 saturated carbocycles. The number of carbonyl (C=O) groups is 2. The zero-order valence-corrected chi connectivity index (χ0v) is 11.5. The molecule has 2 aliphatic heterocycles. The molecular weight excluding hydrogens is 291 g/mol. The molecule has 2 amide bonds. The van der Waals surface area contributed by atoms with Crippen LogP contribution in [-0.2, 0) is 14.3 Å². The van der Waals surface area contributed by atoms with Crippen LogP contribution in [0.5, 0.6) is 0 Å². The molecule has 0 radical (unpaired) electrons. The highest BCUT2D eigenvalue weighted by Crippen LogP contribution is 2.16. The molecule has 0 spiro atoms. The summed E-state index contributed by atoms with van der Waals surface area (Å²) in [5.41, 5.74) is 0. The minimum absolute atomic E-state index is 0.0555. The highest BCUT2D eigenvalue weighted by molar-refractivity contribution is 6.35. The smallest absolute Gasteiger partial charge is 0.372 e. The number of hydrogen-bond acceptors (Lipinski definition) is 4. The number of fused-ring (bicyclic) bond motifs is 1. The Kier molecular flexibility index (Phi) is 5.04. The zero-order chi connectivity index (χ0) is 15.5. The van der Waals surface area contributed by atoms with E-state index in [1.807, 2.05) is 0 Å². The summed E-state index contributed by atoms with van der Waals surface area (Å²) in [5, 5.41) is 3.15. The van der Waals surface area contributed by atoms with Crippen molar-refractivity contribution in [2.75, 3.05) is 45.9 Å². The molecule has 6 nitrogen and oxygen atoms in total. The van der Waals surface area contributed by atoms with E-state index in [9.17, 15) is 22.8 Å². The largest absolute Gasteiger partial charge is 0.411 e. The Morgan fingerprint density at radius 3 is 2.76 bits per heavy atom. The van der Waals surface area contributed by atoms with E-state index >= 15 is 0 Å². The molecule has 0 bridgehead atoms. The van der Waals surface area contributed by atoms with Crippen LogP contribution in [0, 0.1) is 0 Å². The molecule has 0 aromatic carbocycles. The monoisotopic (exact) mass is 309 g/mol. The Bertz CT molecular complexity index is 403. The van der Waals surface area contributed by atoms with Gasteiger partial charge in [-0.25, -0.2) is 0 Å². The molecular formula is C12H18F3N3O3. The van der Waals surface area contributed by atoms with E-state index in [0.29, 0.717) is 26.2 Å². The maximum atomic E-state index is 11.9. The molecule has 2 fully saturated rings. The van der Waals surface area contributed by atoms with Crippen molar-refractivity contribution in [3.05, 3.63) is 0 Å². The second-order valence-electron chi connectivity index (χ2n) is 5.13. The fraction of sp³-hybridized carbons (Fsp3) is 0.833. The predicted octanol–water partition coefficient (Wildman–Crippen LogP) is -0.402. The number of nitrogens with zero attached hydrogens (tertiary/aromatic N) is 2. The summed E-state index contributed by atoms with van der Waals surface area (Å²) in [4.78, 5) is 26.8. The van der Waals surface area contributed by atoms with Gasteiger partial charge in [-0.15, -0.1) is 0 Å². The van der Waals surface area contributed by atoms with Crippen LogP contribution < -0.4 is 5.32 Å². The van der Waals surface area contributed by atoms with Crippen LogP contribution in [0.15, 0.2) is 0 Å². The molecule has 0 aliphatic carbocycles. The van der Waals surface area contributed by atoms with E-state index in [-0.39, 0.29) is 25.6 Å².